The molecule has 0 atom stereocenters. The number of benzene rings is 1. The highest BCUT2D eigenvalue weighted by Crippen LogP contribution is 2.29. The number of aryl methyl sites for hydroxylation is 1. The molecule has 4 nitrogen and oxygen atoms in total. The van der Waals surface area contributed by atoms with Crippen LogP contribution in [-0.2, 0) is 4.79 Å². The number of rotatable bonds is 4. The van der Waals surface area contributed by atoms with Gasteiger partial charge in [-0.2, -0.15) is 0 Å². The van der Waals surface area contributed by atoms with Gasteiger partial charge >= 0.3 is 5.97 Å². The molecule has 0 radical (unpaired) electrons. The number of hydrogen-bond donors (Lipinski definition) is 1. The number of thioether (sulfide) groups is 1. The summed E-state index contributed by atoms with van der Waals surface area (Å²) < 4.78 is 15.4. The lowest BCUT2D eigenvalue weighted by Crippen LogP contribution is -2.05. The van der Waals surface area contributed by atoms with Gasteiger partial charge in [-0.15, -0.1) is 0 Å². The molecule has 0 fully saturated rings. The maximum atomic E-state index is 13.9. The Labute approximate surface area is 118 Å². The molecule has 0 spiro atoms. The Balaban J connectivity index is 2.49. The molecular formula is C12H10ClFN2O2S. The van der Waals surface area contributed by atoms with Crippen LogP contribution in [0.5, 0.6) is 0 Å². The van der Waals surface area contributed by atoms with E-state index in [-0.39, 0.29) is 16.5 Å². The summed E-state index contributed by atoms with van der Waals surface area (Å²) in [6.07, 6.45) is 1.55. The van der Waals surface area contributed by atoms with Crippen LogP contribution in [0.1, 0.15) is 5.69 Å². The van der Waals surface area contributed by atoms with Gasteiger partial charge in [0.25, 0.3) is 0 Å². The minimum atomic E-state index is -0.961. The molecule has 1 heterocycles. The molecule has 0 bridgehead atoms. The van der Waals surface area contributed by atoms with Crippen molar-refractivity contribution in [1.82, 2.24) is 9.55 Å². The standard InChI is InChI=1S/C12H10ClFN2O2S/c1-7-5-15-12(19-6-10(17)18)16(7)11-8(13)3-2-4-9(11)14/h2-5H,6H2,1H3,(H,17,18). The second kappa shape index (κ2) is 5.63. The predicted molar refractivity (Wildman–Crippen MR) is 71.6 cm³/mol. The molecule has 7 heteroatoms. The smallest absolute Gasteiger partial charge is 0.313 e. The Kier molecular flexibility index (Phi) is 4.11. The molecule has 1 aromatic carbocycles. The molecule has 2 aromatic rings. The Morgan fingerprint density at radius 2 is 2.32 bits per heavy atom. The first-order chi connectivity index (χ1) is 9.00. The van der Waals surface area contributed by atoms with Crippen LogP contribution in [0, 0.1) is 12.7 Å². The molecule has 0 aliphatic carbocycles. The molecule has 0 aliphatic rings. The van der Waals surface area contributed by atoms with Crippen LogP contribution < -0.4 is 0 Å². The monoisotopic (exact) mass is 300 g/mol. The normalized spacial score (nSPS) is 10.7. The molecule has 2 rings (SSSR count). The van der Waals surface area contributed by atoms with Gasteiger partial charge in [0.1, 0.15) is 11.5 Å². The van der Waals surface area contributed by atoms with Crippen LogP contribution >= 0.6 is 23.4 Å². The van der Waals surface area contributed by atoms with E-state index in [4.69, 9.17) is 16.7 Å². The number of imidazole rings is 1. The number of para-hydroxylation sites is 1. The SMILES string of the molecule is Cc1cnc(SCC(=O)O)n1-c1c(F)cccc1Cl. The second-order valence-corrected chi connectivity index (χ2v) is 5.12. The van der Waals surface area contributed by atoms with E-state index in [1.54, 1.807) is 19.2 Å². The molecular weight excluding hydrogens is 291 g/mol. The molecule has 0 unspecified atom stereocenters. The molecule has 19 heavy (non-hydrogen) atoms. The van der Waals surface area contributed by atoms with E-state index in [0.29, 0.717) is 10.9 Å². The first kappa shape index (κ1) is 13.9. The van der Waals surface area contributed by atoms with Crippen LogP contribution in [0.2, 0.25) is 5.02 Å². The van der Waals surface area contributed by atoms with Crippen LogP contribution in [0.15, 0.2) is 29.6 Å². The third-order valence-corrected chi connectivity index (χ3v) is 3.63. The van der Waals surface area contributed by atoms with Crippen molar-refractivity contribution in [3.63, 3.8) is 0 Å². The van der Waals surface area contributed by atoms with Crippen molar-refractivity contribution in [3.05, 3.63) is 40.9 Å². The summed E-state index contributed by atoms with van der Waals surface area (Å²) in [5.41, 5.74) is 0.868. The van der Waals surface area contributed by atoms with Crippen molar-refractivity contribution < 1.29 is 14.3 Å². The molecule has 0 amide bonds. The molecule has 1 aromatic heterocycles. The third kappa shape index (κ3) is 2.90. The first-order valence-corrected chi connectivity index (χ1v) is 6.70. The second-order valence-electron chi connectivity index (χ2n) is 3.77. The Morgan fingerprint density at radius 1 is 1.58 bits per heavy atom. The highest BCUT2D eigenvalue weighted by molar-refractivity contribution is 7.99. The zero-order chi connectivity index (χ0) is 14.0. The topological polar surface area (TPSA) is 55.1 Å². The van der Waals surface area contributed by atoms with Gasteiger partial charge in [-0.1, -0.05) is 29.4 Å². The van der Waals surface area contributed by atoms with Crippen LogP contribution in [-0.4, -0.2) is 26.4 Å². The van der Waals surface area contributed by atoms with Gasteiger partial charge in [-0.05, 0) is 19.1 Å². The lowest BCUT2D eigenvalue weighted by molar-refractivity contribution is -0.133. The van der Waals surface area contributed by atoms with Crippen molar-refractivity contribution in [2.24, 2.45) is 0 Å². The van der Waals surface area contributed by atoms with E-state index in [1.165, 1.54) is 16.7 Å². The number of halogens is 2. The number of carboxylic acids is 1. The number of nitrogens with zero attached hydrogens (tertiary/aromatic N) is 2. The summed E-state index contributed by atoms with van der Waals surface area (Å²) in [5.74, 6) is -1.59. The summed E-state index contributed by atoms with van der Waals surface area (Å²) in [4.78, 5) is 14.7. The van der Waals surface area contributed by atoms with Crippen LogP contribution in [0.3, 0.4) is 0 Å². The van der Waals surface area contributed by atoms with Crippen molar-refractivity contribution in [3.8, 4) is 5.69 Å². The zero-order valence-corrected chi connectivity index (χ0v) is 11.5. The highest BCUT2D eigenvalue weighted by atomic mass is 35.5. The largest absolute Gasteiger partial charge is 0.481 e. The number of aromatic nitrogens is 2. The van der Waals surface area contributed by atoms with Crippen molar-refractivity contribution in [1.29, 1.82) is 0 Å². The van der Waals surface area contributed by atoms with E-state index in [2.05, 4.69) is 4.98 Å². The van der Waals surface area contributed by atoms with Gasteiger partial charge in [-0.25, -0.2) is 9.37 Å². The average Bonchev–Trinajstić information content (AvgIpc) is 2.69. The summed E-state index contributed by atoms with van der Waals surface area (Å²) in [5, 5.41) is 9.34. The lowest BCUT2D eigenvalue weighted by atomic mass is 10.3. The fourth-order valence-corrected chi connectivity index (χ4v) is 2.61. The van der Waals surface area contributed by atoms with E-state index >= 15 is 0 Å². The fraction of sp³-hybridized carbons (Fsp3) is 0.167. The quantitative estimate of drug-likeness (QED) is 0.881. The summed E-state index contributed by atoms with van der Waals surface area (Å²) in [7, 11) is 0. The highest BCUT2D eigenvalue weighted by Gasteiger charge is 2.17. The maximum absolute atomic E-state index is 13.9. The fourth-order valence-electron chi connectivity index (χ4n) is 1.62. The average molecular weight is 301 g/mol. The van der Waals surface area contributed by atoms with E-state index in [0.717, 1.165) is 11.8 Å². The molecule has 0 aliphatic heterocycles. The molecule has 0 saturated carbocycles. The van der Waals surface area contributed by atoms with Gasteiger partial charge in [0.2, 0.25) is 0 Å². The molecule has 0 saturated heterocycles. The molecule has 1 N–H and O–H groups in total. The minimum absolute atomic E-state index is 0.150. The first-order valence-electron chi connectivity index (χ1n) is 5.34. The Bertz CT molecular complexity index is 610. The van der Waals surface area contributed by atoms with Gasteiger partial charge < -0.3 is 5.11 Å². The van der Waals surface area contributed by atoms with E-state index in [9.17, 15) is 9.18 Å². The maximum Gasteiger partial charge on any atom is 0.313 e. The van der Waals surface area contributed by atoms with E-state index < -0.39 is 11.8 Å². The number of carboxylic acid groups (broad SMARTS) is 1. The Morgan fingerprint density at radius 3 is 2.95 bits per heavy atom. The third-order valence-electron chi connectivity index (χ3n) is 2.39. The number of carbonyl (C=O) groups is 1. The zero-order valence-electron chi connectivity index (χ0n) is 9.93. The van der Waals surface area contributed by atoms with E-state index in [1.807, 2.05) is 0 Å². The van der Waals surface area contributed by atoms with Crippen LogP contribution in [0.25, 0.3) is 5.69 Å². The van der Waals surface area contributed by atoms with Crippen LogP contribution in [0.4, 0.5) is 4.39 Å². The van der Waals surface area contributed by atoms with Crippen molar-refractivity contribution >= 4 is 29.3 Å². The van der Waals surface area contributed by atoms with Gasteiger partial charge in [0, 0.05) is 11.9 Å². The summed E-state index contributed by atoms with van der Waals surface area (Å²) in [6.45, 7) is 1.75. The predicted octanol–water partition coefficient (Wildman–Crippen LogP) is 3.15. The van der Waals surface area contributed by atoms with Gasteiger partial charge in [-0.3, -0.25) is 9.36 Å². The lowest BCUT2D eigenvalue weighted by Gasteiger charge is -2.11. The van der Waals surface area contributed by atoms with Gasteiger partial charge in [0.15, 0.2) is 5.16 Å². The minimum Gasteiger partial charge on any atom is -0.481 e. The number of hydrogen-bond acceptors (Lipinski definition) is 3. The Hall–Kier alpha value is -1.53. The van der Waals surface area contributed by atoms with Gasteiger partial charge in [0.05, 0.1) is 10.8 Å². The number of aliphatic carboxylic acids is 1. The van der Waals surface area contributed by atoms with Crippen molar-refractivity contribution in [2.75, 3.05) is 5.75 Å². The molecule has 100 valence electrons. The summed E-state index contributed by atoms with van der Waals surface area (Å²) >= 11 is 7.03. The van der Waals surface area contributed by atoms with Crippen molar-refractivity contribution in [2.45, 2.75) is 12.1 Å². The summed E-state index contributed by atoms with van der Waals surface area (Å²) in [6, 6.07) is 4.38.